The van der Waals surface area contributed by atoms with Gasteiger partial charge in [-0.05, 0) is 31.6 Å². The van der Waals surface area contributed by atoms with Crippen LogP contribution in [0.4, 0.5) is 5.00 Å². The highest BCUT2D eigenvalue weighted by Crippen LogP contribution is 2.34. The van der Waals surface area contributed by atoms with Crippen molar-refractivity contribution in [1.82, 2.24) is 10.3 Å². The molecule has 24 heavy (non-hydrogen) atoms. The average molecular weight is 364 g/mol. The summed E-state index contributed by atoms with van der Waals surface area (Å²) >= 11 is 1.49. The normalized spacial score (nSPS) is 25.1. The van der Waals surface area contributed by atoms with Gasteiger partial charge in [0.1, 0.15) is 10.7 Å². The van der Waals surface area contributed by atoms with Crippen LogP contribution in [0.2, 0.25) is 0 Å². The molecule has 2 atom stereocenters. The molecule has 2 unspecified atom stereocenters. The Morgan fingerprint density at radius 1 is 1.21 bits per heavy atom. The number of carbonyl (C=O) groups is 1. The van der Waals surface area contributed by atoms with Crippen LogP contribution >= 0.6 is 23.7 Å². The predicted octanol–water partition coefficient (Wildman–Crippen LogP) is 4.09. The third-order valence-corrected chi connectivity index (χ3v) is 5.65. The minimum absolute atomic E-state index is 0. The molecule has 2 aromatic rings. The molecule has 2 bridgehead atoms. The number of rotatable bonds is 4. The predicted molar refractivity (Wildman–Crippen MR) is 101 cm³/mol. The van der Waals surface area contributed by atoms with Gasteiger partial charge in [-0.25, -0.2) is 4.98 Å². The van der Waals surface area contributed by atoms with Gasteiger partial charge in [0.25, 0.3) is 0 Å². The Kier molecular flexibility index (Phi) is 5.54. The molecule has 3 heterocycles. The number of aromatic nitrogens is 1. The van der Waals surface area contributed by atoms with E-state index in [1.54, 1.807) is 5.51 Å². The first kappa shape index (κ1) is 17.4. The number of carbonyl (C=O) groups excluding carboxylic acids is 1. The standard InChI is InChI=1S/C18H21N3OS.ClH/c22-16(10-12-8-14-6-7-15(9-12)20-14)21-18-17(19-11-23-18)13-4-2-1-3-5-13;/h1-5,11-12,14-15,20H,6-10H2,(H,21,22);1H. The molecular weight excluding hydrogens is 342 g/mol. The van der Waals surface area contributed by atoms with Crippen LogP contribution in [-0.4, -0.2) is 23.0 Å². The van der Waals surface area contributed by atoms with Crippen LogP contribution in [0, 0.1) is 5.92 Å². The van der Waals surface area contributed by atoms with Gasteiger partial charge in [-0.3, -0.25) is 4.79 Å². The summed E-state index contributed by atoms with van der Waals surface area (Å²) < 4.78 is 0. The van der Waals surface area contributed by atoms with Crippen molar-refractivity contribution >= 4 is 34.7 Å². The lowest BCUT2D eigenvalue weighted by molar-refractivity contribution is -0.117. The van der Waals surface area contributed by atoms with Crippen LogP contribution < -0.4 is 10.6 Å². The van der Waals surface area contributed by atoms with Crippen molar-refractivity contribution in [3.63, 3.8) is 0 Å². The number of nitrogens with one attached hydrogen (secondary N) is 2. The summed E-state index contributed by atoms with van der Waals surface area (Å²) in [5.74, 6) is 0.638. The number of hydrogen-bond donors (Lipinski definition) is 2. The summed E-state index contributed by atoms with van der Waals surface area (Å²) in [5.41, 5.74) is 3.71. The Morgan fingerprint density at radius 2 is 1.92 bits per heavy atom. The molecule has 0 spiro atoms. The summed E-state index contributed by atoms with van der Waals surface area (Å²) in [6.07, 6.45) is 5.45. The fourth-order valence-corrected chi connectivity index (χ4v) is 4.64. The largest absolute Gasteiger partial charge is 0.316 e. The SMILES string of the molecule is Cl.O=C(CC1CC2CCC(C1)N2)Nc1scnc1-c1ccccc1. The van der Waals surface area contributed by atoms with Crippen LogP contribution in [-0.2, 0) is 4.79 Å². The summed E-state index contributed by atoms with van der Waals surface area (Å²) in [7, 11) is 0. The van der Waals surface area contributed by atoms with Crippen molar-refractivity contribution in [3.05, 3.63) is 35.8 Å². The second kappa shape index (κ2) is 7.64. The van der Waals surface area contributed by atoms with Crippen molar-refractivity contribution in [2.45, 2.75) is 44.2 Å². The maximum Gasteiger partial charge on any atom is 0.225 e. The molecule has 0 radical (unpaired) electrons. The molecule has 0 aliphatic carbocycles. The van der Waals surface area contributed by atoms with Crippen molar-refractivity contribution in [1.29, 1.82) is 0 Å². The van der Waals surface area contributed by atoms with Gasteiger partial charge >= 0.3 is 0 Å². The first-order chi connectivity index (χ1) is 11.3. The van der Waals surface area contributed by atoms with Crippen LogP contribution in [0.15, 0.2) is 35.8 Å². The van der Waals surface area contributed by atoms with Crippen LogP contribution in [0.1, 0.15) is 32.1 Å². The first-order valence-electron chi connectivity index (χ1n) is 8.33. The van der Waals surface area contributed by atoms with E-state index in [1.807, 2.05) is 30.3 Å². The molecular formula is C18H22ClN3OS. The van der Waals surface area contributed by atoms with Crippen molar-refractivity contribution in [2.24, 2.45) is 5.92 Å². The number of hydrogen-bond acceptors (Lipinski definition) is 4. The van der Waals surface area contributed by atoms with E-state index in [2.05, 4.69) is 15.6 Å². The van der Waals surface area contributed by atoms with Gasteiger partial charge in [0.2, 0.25) is 5.91 Å². The molecule has 2 N–H and O–H groups in total. The van der Waals surface area contributed by atoms with E-state index >= 15 is 0 Å². The fourth-order valence-electron chi connectivity index (χ4n) is 3.92. The molecule has 128 valence electrons. The number of piperidine rings is 1. The Bertz CT molecular complexity index is 679. The van der Waals surface area contributed by atoms with Crippen LogP contribution in [0.3, 0.4) is 0 Å². The van der Waals surface area contributed by atoms with Gasteiger partial charge < -0.3 is 10.6 Å². The molecule has 2 saturated heterocycles. The van der Waals surface area contributed by atoms with Gasteiger partial charge in [-0.1, -0.05) is 30.3 Å². The van der Waals surface area contributed by atoms with E-state index in [9.17, 15) is 4.79 Å². The lowest BCUT2D eigenvalue weighted by Crippen LogP contribution is -2.39. The highest BCUT2D eigenvalue weighted by atomic mass is 35.5. The molecule has 0 saturated carbocycles. The van der Waals surface area contributed by atoms with Gasteiger partial charge in [-0.15, -0.1) is 23.7 Å². The van der Waals surface area contributed by atoms with E-state index in [1.165, 1.54) is 24.2 Å². The average Bonchev–Trinajstić information content (AvgIpc) is 3.14. The lowest BCUT2D eigenvalue weighted by Gasteiger charge is -2.28. The highest BCUT2D eigenvalue weighted by Gasteiger charge is 2.34. The number of nitrogens with zero attached hydrogens (tertiary/aromatic N) is 1. The second-order valence-corrected chi connectivity index (χ2v) is 7.48. The Balaban J connectivity index is 0.00000169. The third-order valence-electron chi connectivity index (χ3n) is 4.91. The maximum absolute atomic E-state index is 12.4. The number of thiazole rings is 1. The maximum atomic E-state index is 12.4. The van der Waals surface area contributed by atoms with Crippen molar-refractivity contribution < 1.29 is 4.79 Å². The smallest absolute Gasteiger partial charge is 0.225 e. The number of anilines is 1. The zero-order valence-corrected chi connectivity index (χ0v) is 15.0. The molecule has 1 aromatic heterocycles. The Labute approximate surface area is 152 Å². The van der Waals surface area contributed by atoms with Crippen LogP contribution in [0.5, 0.6) is 0 Å². The van der Waals surface area contributed by atoms with Gasteiger partial charge in [0, 0.05) is 24.1 Å². The topological polar surface area (TPSA) is 54.0 Å². The molecule has 1 aromatic carbocycles. The zero-order valence-electron chi connectivity index (χ0n) is 13.4. The van der Waals surface area contributed by atoms with Crippen molar-refractivity contribution in [3.8, 4) is 11.3 Å². The van der Waals surface area contributed by atoms with Gasteiger partial charge in [0.15, 0.2) is 0 Å². The minimum Gasteiger partial charge on any atom is -0.316 e. The molecule has 2 fully saturated rings. The van der Waals surface area contributed by atoms with Crippen molar-refractivity contribution in [2.75, 3.05) is 5.32 Å². The molecule has 4 nitrogen and oxygen atoms in total. The highest BCUT2D eigenvalue weighted by molar-refractivity contribution is 7.14. The third kappa shape index (κ3) is 3.79. The monoisotopic (exact) mass is 363 g/mol. The summed E-state index contributed by atoms with van der Waals surface area (Å²) in [6, 6.07) is 11.3. The second-order valence-electron chi connectivity index (χ2n) is 6.62. The summed E-state index contributed by atoms with van der Waals surface area (Å²) in [4.78, 5) is 16.9. The zero-order chi connectivity index (χ0) is 15.6. The number of amides is 1. The quantitative estimate of drug-likeness (QED) is 0.860. The lowest BCUT2D eigenvalue weighted by atomic mass is 9.89. The molecule has 2 aliphatic rings. The first-order valence-corrected chi connectivity index (χ1v) is 9.20. The van der Waals surface area contributed by atoms with E-state index < -0.39 is 0 Å². The minimum atomic E-state index is 0. The van der Waals surface area contributed by atoms with E-state index in [0.29, 0.717) is 24.4 Å². The van der Waals surface area contributed by atoms with E-state index in [0.717, 1.165) is 29.1 Å². The Morgan fingerprint density at radius 3 is 2.62 bits per heavy atom. The molecule has 4 rings (SSSR count). The van der Waals surface area contributed by atoms with Crippen LogP contribution in [0.25, 0.3) is 11.3 Å². The summed E-state index contributed by atoms with van der Waals surface area (Å²) in [6.45, 7) is 0. The van der Waals surface area contributed by atoms with E-state index in [-0.39, 0.29) is 18.3 Å². The molecule has 6 heteroatoms. The summed E-state index contributed by atoms with van der Waals surface area (Å²) in [5, 5.41) is 7.57. The number of benzene rings is 1. The molecule has 2 aliphatic heterocycles. The van der Waals surface area contributed by atoms with E-state index in [4.69, 9.17) is 0 Å². The number of fused-ring (bicyclic) bond motifs is 2. The number of halogens is 1. The van der Waals surface area contributed by atoms with Gasteiger partial charge in [0.05, 0.1) is 5.51 Å². The molecule has 1 amide bonds. The fraction of sp³-hybridized carbons (Fsp3) is 0.444. The Hall–Kier alpha value is -1.43. The van der Waals surface area contributed by atoms with Gasteiger partial charge in [-0.2, -0.15) is 0 Å².